The van der Waals surface area contributed by atoms with E-state index >= 15 is 0 Å². The number of hydrogen-bond donors (Lipinski definition) is 2. The quantitative estimate of drug-likeness (QED) is 0.258. The number of alkyl halides is 3. The van der Waals surface area contributed by atoms with Crippen LogP contribution in [0.2, 0.25) is 0 Å². The Labute approximate surface area is 287 Å². The first-order valence-electron chi connectivity index (χ1n) is 16.9. The minimum Gasteiger partial charge on any atom is -0.490 e. The van der Waals surface area contributed by atoms with Crippen LogP contribution in [0, 0.1) is 5.92 Å². The van der Waals surface area contributed by atoms with Crippen molar-refractivity contribution >= 4 is 17.5 Å². The zero-order valence-corrected chi connectivity index (χ0v) is 28.7. The second kappa shape index (κ2) is 17.6. The highest BCUT2D eigenvalue weighted by Crippen LogP contribution is 2.30. The van der Waals surface area contributed by atoms with Crippen LogP contribution in [0.25, 0.3) is 0 Å². The van der Waals surface area contributed by atoms with Crippen LogP contribution in [0.1, 0.15) is 67.1 Å². The van der Waals surface area contributed by atoms with Crippen LogP contribution < -0.4 is 10.1 Å². The second-order valence-corrected chi connectivity index (χ2v) is 13.1. The molecule has 4 atom stereocenters. The van der Waals surface area contributed by atoms with E-state index in [2.05, 4.69) is 5.32 Å². The molecule has 11 heteroatoms. The molecule has 3 aromatic carbocycles. The van der Waals surface area contributed by atoms with Crippen molar-refractivity contribution < 1.29 is 37.3 Å². The third-order valence-electron chi connectivity index (χ3n) is 8.77. The van der Waals surface area contributed by atoms with Crippen LogP contribution in [-0.4, -0.2) is 78.3 Å². The molecule has 8 nitrogen and oxygen atoms in total. The number of amides is 2. The number of rotatable bonds is 9. The summed E-state index contributed by atoms with van der Waals surface area (Å²) in [4.78, 5) is 30.9. The largest absolute Gasteiger partial charge is 0.490 e. The summed E-state index contributed by atoms with van der Waals surface area (Å²) >= 11 is 0. The first-order chi connectivity index (χ1) is 23.3. The highest BCUT2D eigenvalue weighted by molar-refractivity contribution is 6.00. The lowest BCUT2D eigenvalue weighted by molar-refractivity contribution is -0.137. The number of carbonyl (C=O) groups is 2. The third kappa shape index (κ3) is 11.3. The maximum absolute atomic E-state index is 14.3. The minimum atomic E-state index is -4.39. The number of anilines is 1. The van der Waals surface area contributed by atoms with Gasteiger partial charge in [-0.25, -0.2) is 0 Å². The average Bonchev–Trinajstić information content (AvgIpc) is 3.06. The van der Waals surface area contributed by atoms with Gasteiger partial charge < -0.3 is 24.8 Å². The van der Waals surface area contributed by atoms with E-state index in [9.17, 15) is 27.9 Å². The summed E-state index contributed by atoms with van der Waals surface area (Å²) in [5, 5.41) is 13.1. The molecule has 0 aromatic heterocycles. The highest BCUT2D eigenvalue weighted by Gasteiger charge is 2.32. The van der Waals surface area contributed by atoms with Crippen LogP contribution in [-0.2, 0) is 28.7 Å². The molecule has 0 fully saturated rings. The van der Waals surface area contributed by atoms with Crippen molar-refractivity contribution in [1.29, 1.82) is 0 Å². The maximum atomic E-state index is 14.3. The highest BCUT2D eigenvalue weighted by atomic mass is 19.4. The van der Waals surface area contributed by atoms with Crippen LogP contribution in [0.3, 0.4) is 0 Å². The summed E-state index contributed by atoms with van der Waals surface area (Å²) < 4.78 is 51.9. The van der Waals surface area contributed by atoms with Gasteiger partial charge in [0.2, 0.25) is 5.91 Å². The molecule has 0 aliphatic carbocycles. The predicted molar refractivity (Wildman–Crippen MR) is 183 cm³/mol. The molecule has 0 unspecified atom stereocenters. The SMILES string of the molecule is C[C@@H]1CN([C@@H](C)CO)C(=O)c2cc(NC(=O)Cc3ccccc3)ccc2O[C@@H](C)CCCCO[C@@H]1CN(C)Cc1ccc(C(F)(F)F)cc1. The monoisotopic (exact) mass is 683 g/mol. The fourth-order valence-electron chi connectivity index (χ4n) is 5.93. The van der Waals surface area contributed by atoms with Crippen molar-refractivity contribution in [3.8, 4) is 5.75 Å². The van der Waals surface area contributed by atoms with E-state index in [1.54, 1.807) is 30.0 Å². The van der Waals surface area contributed by atoms with Gasteiger partial charge >= 0.3 is 6.18 Å². The number of ether oxygens (including phenoxy) is 2. The van der Waals surface area contributed by atoms with E-state index in [0.717, 1.165) is 42.5 Å². The van der Waals surface area contributed by atoms with Gasteiger partial charge in [0.1, 0.15) is 5.75 Å². The summed E-state index contributed by atoms with van der Waals surface area (Å²) in [5.74, 6) is -0.331. The van der Waals surface area contributed by atoms with Crippen LogP contribution in [0.5, 0.6) is 5.75 Å². The van der Waals surface area contributed by atoms with Crippen LogP contribution in [0.15, 0.2) is 72.8 Å². The van der Waals surface area contributed by atoms with E-state index in [1.807, 2.05) is 56.1 Å². The van der Waals surface area contributed by atoms with Crippen molar-refractivity contribution in [2.24, 2.45) is 5.92 Å². The van der Waals surface area contributed by atoms with Gasteiger partial charge in [-0.1, -0.05) is 49.4 Å². The number of carbonyl (C=O) groups excluding carboxylic acids is 2. The maximum Gasteiger partial charge on any atom is 0.416 e. The van der Waals surface area contributed by atoms with E-state index < -0.39 is 17.8 Å². The van der Waals surface area contributed by atoms with E-state index in [-0.39, 0.29) is 55.1 Å². The van der Waals surface area contributed by atoms with E-state index in [4.69, 9.17) is 9.47 Å². The van der Waals surface area contributed by atoms with Gasteiger partial charge in [-0.3, -0.25) is 14.5 Å². The third-order valence-corrected chi connectivity index (χ3v) is 8.77. The molecule has 3 aromatic rings. The van der Waals surface area contributed by atoms with Gasteiger partial charge in [-0.2, -0.15) is 13.2 Å². The Kier molecular flexibility index (Phi) is 13.6. The van der Waals surface area contributed by atoms with Crippen LogP contribution in [0.4, 0.5) is 18.9 Å². The Morgan fingerprint density at radius 1 is 1.04 bits per heavy atom. The van der Waals surface area contributed by atoms with Gasteiger partial charge in [-0.15, -0.1) is 0 Å². The standard InChI is InChI=1S/C38H48F3N3O5/c1-26-22-44(27(2)25-45)37(47)33-21-32(42-36(46)20-29-11-6-5-7-12-29)17-18-34(33)49-28(3)10-8-9-19-48-35(26)24-43(4)23-30-13-15-31(16-14-30)38(39,40)41/h5-7,11-18,21,26-28,35,45H,8-10,19-20,22-25H2,1-4H3,(H,42,46)/t26-,27+,28+,35-/m1/s1. The van der Waals surface area contributed by atoms with Crippen molar-refractivity contribution in [1.82, 2.24) is 9.80 Å². The summed E-state index contributed by atoms with van der Waals surface area (Å²) in [7, 11) is 1.89. The zero-order valence-electron chi connectivity index (χ0n) is 28.7. The van der Waals surface area contributed by atoms with E-state index in [1.165, 1.54) is 12.1 Å². The number of aliphatic hydroxyl groups excluding tert-OH is 1. The fraction of sp³-hybridized carbons (Fsp3) is 0.474. The Hall–Kier alpha value is -3.93. The van der Waals surface area contributed by atoms with Crippen molar-refractivity contribution in [3.05, 3.63) is 95.1 Å². The number of halogens is 3. The smallest absolute Gasteiger partial charge is 0.416 e. The average molecular weight is 684 g/mol. The molecule has 1 aliphatic rings. The van der Waals surface area contributed by atoms with Gasteiger partial charge in [0.05, 0.1) is 42.4 Å². The molecule has 0 spiro atoms. The number of aliphatic hydroxyl groups is 1. The molecule has 2 amide bonds. The Morgan fingerprint density at radius 3 is 2.43 bits per heavy atom. The first-order valence-corrected chi connectivity index (χ1v) is 16.9. The summed E-state index contributed by atoms with van der Waals surface area (Å²) in [6.45, 7) is 7.11. The number of nitrogens with zero attached hydrogens (tertiary/aromatic N) is 2. The van der Waals surface area contributed by atoms with Crippen LogP contribution >= 0.6 is 0 Å². The summed E-state index contributed by atoms with van der Waals surface area (Å²) in [6, 6.07) is 19.1. The number of fused-ring (bicyclic) bond motifs is 1. The molecule has 2 N–H and O–H groups in total. The molecule has 49 heavy (non-hydrogen) atoms. The molecular formula is C38H48F3N3O5. The summed E-state index contributed by atoms with van der Waals surface area (Å²) in [6.07, 6.45) is -2.34. The lowest BCUT2D eigenvalue weighted by Gasteiger charge is -2.36. The Morgan fingerprint density at radius 2 is 1.76 bits per heavy atom. The molecule has 1 aliphatic heterocycles. The molecule has 0 bridgehead atoms. The Bertz CT molecular complexity index is 1500. The molecule has 1 heterocycles. The summed E-state index contributed by atoms with van der Waals surface area (Å²) in [5.41, 5.74) is 1.66. The van der Waals surface area contributed by atoms with Gasteiger partial charge in [0.15, 0.2) is 0 Å². The zero-order chi connectivity index (χ0) is 35.6. The molecular weight excluding hydrogens is 635 g/mol. The number of likely N-dealkylation sites (N-methyl/N-ethyl adjacent to an activating group) is 1. The number of nitrogens with one attached hydrogen (secondary N) is 1. The minimum absolute atomic E-state index is 0.173. The van der Waals surface area contributed by atoms with Crippen molar-refractivity contribution in [3.63, 3.8) is 0 Å². The molecule has 0 saturated carbocycles. The fourth-order valence-corrected chi connectivity index (χ4v) is 5.93. The normalized spacial score (nSPS) is 20.2. The first kappa shape index (κ1) is 37.9. The number of benzene rings is 3. The topological polar surface area (TPSA) is 91.3 Å². The van der Waals surface area contributed by atoms with Crippen molar-refractivity contribution in [2.75, 3.05) is 38.7 Å². The second-order valence-electron chi connectivity index (χ2n) is 13.1. The van der Waals surface area contributed by atoms with Gasteiger partial charge in [0.25, 0.3) is 5.91 Å². The molecule has 0 radical (unpaired) electrons. The molecule has 266 valence electrons. The predicted octanol–water partition coefficient (Wildman–Crippen LogP) is 6.81. The molecule has 0 saturated heterocycles. The molecule has 4 rings (SSSR count). The number of hydrogen-bond acceptors (Lipinski definition) is 6. The lowest BCUT2D eigenvalue weighted by Crippen LogP contribution is -2.47. The van der Waals surface area contributed by atoms with E-state index in [0.29, 0.717) is 31.1 Å². The van der Waals surface area contributed by atoms with Gasteiger partial charge in [-0.05, 0) is 81.6 Å². The van der Waals surface area contributed by atoms with Crippen molar-refractivity contribution in [2.45, 2.75) is 77.4 Å². The lowest BCUT2D eigenvalue weighted by atomic mass is 10.0. The van der Waals surface area contributed by atoms with Gasteiger partial charge in [0, 0.05) is 37.8 Å². The Balaban J connectivity index is 1.56.